The molecule has 4 aromatic rings. The first-order valence-electron chi connectivity index (χ1n) is 12.2. The van der Waals surface area contributed by atoms with Crippen LogP contribution in [0.2, 0.25) is 0 Å². The van der Waals surface area contributed by atoms with Crippen molar-refractivity contribution in [3.8, 4) is 16.9 Å². The van der Waals surface area contributed by atoms with E-state index in [4.69, 9.17) is 0 Å². The van der Waals surface area contributed by atoms with Crippen LogP contribution in [0.5, 0.6) is 5.75 Å². The molecule has 1 N–H and O–H groups in total. The van der Waals surface area contributed by atoms with E-state index < -0.39 is 0 Å². The van der Waals surface area contributed by atoms with Crippen LogP contribution in [-0.2, 0) is 20.0 Å². The normalized spacial score (nSPS) is 12.0. The van der Waals surface area contributed by atoms with Crippen molar-refractivity contribution in [2.45, 2.75) is 27.2 Å². The van der Waals surface area contributed by atoms with Crippen molar-refractivity contribution in [3.05, 3.63) is 150 Å². The molecule has 0 aliphatic heterocycles. The summed E-state index contributed by atoms with van der Waals surface area (Å²) < 4.78 is 1.33. The second kappa shape index (κ2) is 13.7. The van der Waals surface area contributed by atoms with E-state index in [-0.39, 0.29) is 0 Å². The fourth-order valence-electron chi connectivity index (χ4n) is 3.61. The molecule has 0 unspecified atom stereocenters. The second-order valence-corrected chi connectivity index (χ2v) is 10.3. The predicted octanol–water partition coefficient (Wildman–Crippen LogP) is 8.58. The number of rotatable bonds is 3. The van der Waals surface area contributed by atoms with E-state index in [1.54, 1.807) is 12.1 Å². The van der Waals surface area contributed by atoms with Crippen molar-refractivity contribution in [1.82, 2.24) is 0 Å². The molecule has 0 saturated heterocycles. The Labute approximate surface area is 227 Å². The molecule has 4 aromatic carbocycles. The zero-order valence-electron chi connectivity index (χ0n) is 21.3. The third-order valence-corrected chi connectivity index (χ3v) is 6.48. The average Bonchev–Trinajstić information content (AvgIpc) is 3.47. The Morgan fingerprint density at radius 2 is 1.19 bits per heavy atom. The number of phenolic OH excluding ortho intramolecular Hbond substituents is 1. The SMILES string of the molecule is CC(C)(C)C1=[C-]CC=C1.Oc1cccc(-c2ccccc2)c1.[Ti+]=[C](c1ccccc1)c1ccccc1. The van der Waals surface area contributed by atoms with Crippen LogP contribution in [0.25, 0.3) is 11.1 Å². The molecule has 1 aliphatic rings. The molecule has 0 radical (unpaired) electrons. The van der Waals surface area contributed by atoms with Crippen LogP contribution in [0, 0.1) is 11.5 Å². The van der Waals surface area contributed by atoms with Crippen molar-refractivity contribution in [2.75, 3.05) is 0 Å². The van der Waals surface area contributed by atoms with Gasteiger partial charge in [-0.25, -0.2) is 11.6 Å². The van der Waals surface area contributed by atoms with Crippen LogP contribution in [0.1, 0.15) is 38.3 Å². The first-order valence-corrected chi connectivity index (χ1v) is 12.9. The second-order valence-electron chi connectivity index (χ2n) is 9.47. The van der Waals surface area contributed by atoms with Crippen LogP contribution in [-0.4, -0.2) is 8.92 Å². The predicted molar refractivity (Wildman–Crippen MR) is 150 cm³/mol. The summed E-state index contributed by atoms with van der Waals surface area (Å²) >= 11 is 2.16. The quantitative estimate of drug-likeness (QED) is 0.218. The van der Waals surface area contributed by atoms with Gasteiger partial charge in [-0.05, 0) is 28.7 Å². The van der Waals surface area contributed by atoms with Crippen LogP contribution in [0.15, 0.2) is 133 Å². The Balaban J connectivity index is 0.000000154. The molecule has 0 heterocycles. The molecular weight excluding hydrogens is 472 g/mol. The maximum atomic E-state index is 9.27. The van der Waals surface area contributed by atoms with Gasteiger partial charge < -0.3 is 5.11 Å². The first-order chi connectivity index (χ1) is 17.3. The van der Waals surface area contributed by atoms with Crippen molar-refractivity contribution >= 4 is 3.81 Å². The summed E-state index contributed by atoms with van der Waals surface area (Å²) in [5, 5.41) is 9.27. The van der Waals surface area contributed by atoms with Crippen molar-refractivity contribution < 1.29 is 25.1 Å². The van der Waals surface area contributed by atoms with Gasteiger partial charge in [-0.15, -0.1) is 6.42 Å². The minimum atomic E-state index is 0.299. The fourth-order valence-corrected chi connectivity index (χ4v) is 4.13. The molecule has 179 valence electrons. The van der Waals surface area contributed by atoms with E-state index in [0.717, 1.165) is 17.5 Å². The Bertz CT molecular complexity index is 1240. The van der Waals surface area contributed by atoms with Gasteiger partial charge in [0.2, 0.25) is 0 Å². The molecule has 36 heavy (non-hydrogen) atoms. The molecule has 2 heteroatoms. The topological polar surface area (TPSA) is 20.2 Å². The molecule has 0 spiro atoms. The van der Waals surface area contributed by atoms with Crippen LogP contribution in [0.4, 0.5) is 0 Å². The van der Waals surface area contributed by atoms with Gasteiger partial charge in [-0.3, -0.25) is 6.08 Å². The fraction of sp³-hybridized carbons (Fsp3) is 0.147. The van der Waals surface area contributed by atoms with Gasteiger partial charge in [0.05, 0.1) is 0 Å². The number of allylic oxidation sites excluding steroid dienone is 4. The number of phenols is 1. The Morgan fingerprint density at radius 3 is 1.61 bits per heavy atom. The summed E-state index contributed by atoms with van der Waals surface area (Å²) in [6.45, 7) is 6.64. The Morgan fingerprint density at radius 1 is 0.694 bits per heavy atom. The van der Waals surface area contributed by atoms with Crippen molar-refractivity contribution in [1.29, 1.82) is 0 Å². The standard InChI is InChI=1S/C13H10.C12H10O.C9H13.Ti/c1-3-7-12(8-4-1)11-13-9-5-2-6-10-13;13-12-8-4-7-11(9-12)10-5-2-1-3-6-10;1-9(2,3)8-6-4-5-7-8;/h1-10H;1-9,13H;4,6H,5H2,1-3H3;/q;;-1;+1. The van der Waals surface area contributed by atoms with Gasteiger partial charge in [-0.2, -0.15) is 6.08 Å². The van der Waals surface area contributed by atoms with E-state index in [1.807, 2.05) is 54.6 Å². The van der Waals surface area contributed by atoms with Gasteiger partial charge in [0, 0.05) is 0 Å². The van der Waals surface area contributed by atoms with Crippen molar-refractivity contribution in [2.24, 2.45) is 5.41 Å². The third-order valence-electron chi connectivity index (χ3n) is 5.58. The Hall–Kier alpha value is -3.26. The van der Waals surface area contributed by atoms with Gasteiger partial charge in [-0.1, -0.05) is 63.2 Å². The summed E-state index contributed by atoms with van der Waals surface area (Å²) in [4.78, 5) is 0. The third kappa shape index (κ3) is 8.75. The summed E-state index contributed by atoms with van der Waals surface area (Å²) in [7, 11) is 0. The number of aromatic hydroxyl groups is 1. The monoisotopic (exact) mass is 505 g/mol. The van der Waals surface area contributed by atoms with Crippen LogP contribution >= 0.6 is 0 Å². The summed E-state index contributed by atoms with van der Waals surface area (Å²) in [5.41, 5.74) is 6.39. The molecule has 0 saturated carbocycles. The van der Waals surface area contributed by atoms with Crippen molar-refractivity contribution in [3.63, 3.8) is 0 Å². The zero-order valence-corrected chi connectivity index (χ0v) is 22.8. The molecule has 0 fully saturated rings. The van der Waals surface area contributed by atoms with Crippen LogP contribution in [0.3, 0.4) is 0 Å². The van der Waals surface area contributed by atoms with Crippen LogP contribution < -0.4 is 0 Å². The van der Waals surface area contributed by atoms with E-state index in [9.17, 15) is 5.11 Å². The summed E-state index contributed by atoms with van der Waals surface area (Å²) in [6, 6.07) is 38.2. The Kier molecular flexibility index (Phi) is 10.4. The molecule has 5 rings (SSSR count). The van der Waals surface area contributed by atoms with Gasteiger partial charge in [0.15, 0.2) is 0 Å². The number of hydrogen-bond donors (Lipinski definition) is 1. The molecule has 0 bridgehead atoms. The maximum absolute atomic E-state index is 9.27. The molecular formula is C34H33OTi. The van der Waals surface area contributed by atoms with Gasteiger partial charge in [0.25, 0.3) is 0 Å². The summed E-state index contributed by atoms with van der Waals surface area (Å²) in [6.07, 6.45) is 8.63. The van der Waals surface area contributed by atoms with E-state index in [1.165, 1.54) is 20.5 Å². The van der Waals surface area contributed by atoms with E-state index >= 15 is 0 Å². The minimum absolute atomic E-state index is 0.299. The molecule has 0 atom stereocenters. The zero-order chi connectivity index (χ0) is 25.8. The van der Waals surface area contributed by atoms with Gasteiger partial charge in [0.1, 0.15) is 5.75 Å². The molecule has 0 aromatic heterocycles. The van der Waals surface area contributed by atoms with E-state index in [0.29, 0.717) is 11.2 Å². The first kappa shape index (κ1) is 27.3. The summed E-state index contributed by atoms with van der Waals surface area (Å²) in [5.74, 6) is 0.307. The number of hydrogen-bond acceptors (Lipinski definition) is 1. The number of benzene rings is 4. The molecule has 1 nitrogen and oxygen atoms in total. The van der Waals surface area contributed by atoms with Gasteiger partial charge >= 0.3 is 95.6 Å². The molecule has 0 amide bonds. The van der Waals surface area contributed by atoms with E-state index in [2.05, 4.69) is 108 Å². The average molecular weight is 506 g/mol. The molecule has 1 aliphatic carbocycles.